The Morgan fingerprint density at radius 1 is 1.24 bits per heavy atom. The van der Waals surface area contributed by atoms with Crippen LogP contribution in [0.2, 0.25) is 0 Å². The molecule has 0 aliphatic carbocycles. The minimum atomic E-state index is 0.200. The van der Waals surface area contributed by atoms with Gasteiger partial charge in [0.25, 0.3) is 0 Å². The summed E-state index contributed by atoms with van der Waals surface area (Å²) in [6, 6.07) is 0. The average molecular weight is 296 g/mol. The molecule has 21 heavy (non-hydrogen) atoms. The van der Waals surface area contributed by atoms with Crippen LogP contribution in [0.3, 0.4) is 0 Å². The van der Waals surface area contributed by atoms with Crippen LogP contribution in [0.1, 0.15) is 44.8 Å². The lowest BCUT2D eigenvalue weighted by molar-refractivity contribution is 0.0547. The Labute approximate surface area is 127 Å². The lowest BCUT2D eigenvalue weighted by Gasteiger charge is -2.14. The standard InChI is InChI=1S/C16H28N2O3/c1-11-12(2)20-13(3)16(11)14-10-18-15(21-14)6-5-7-17-8-9-19-4/h10-13,16-17H,5-9H2,1-4H3. The third kappa shape index (κ3) is 4.28. The van der Waals surface area contributed by atoms with E-state index in [1.54, 1.807) is 7.11 Å². The van der Waals surface area contributed by atoms with Gasteiger partial charge in [-0.05, 0) is 32.7 Å². The maximum atomic E-state index is 5.94. The average Bonchev–Trinajstić information content (AvgIpc) is 3.00. The van der Waals surface area contributed by atoms with Crippen LogP contribution < -0.4 is 5.32 Å². The Bertz CT molecular complexity index is 421. The van der Waals surface area contributed by atoms with Crippen LogP contribution in [-0.4, -0.2) is 44.0 Å². The number of hydrogen-bond acceptors (Lipinski definition) is 5. The van der Waals surface area contributed by atoms with Crippen molar-refractivity contribution in [1.82, 2.24) is 10.3 Å². The van der Waals surface area contributed by atoms with Gasteiger partial charge in [0.2, 0.25) is 0 Å². The van der Waals surface area contributed by atoms with Crippen molar-refractivity contribution in [3.05, 3.63) is 17.8 Å². The van der Waals surface area contributed by atoms with E-state index >= 15 is 0 Å². The minimum Gasteiger partial charge on any atom is -0.445 e. The molecule has 5 heteroatoms. The van der Waals surface area contributed by atoms with Crippen LogP contribution >= 0.6 is 0 Å². The summed E-state index contributed by atoms with van der Waals surface area (Å²) < 4.78 is 16.8. The number of rotatable bonds is 8. The molecule has 1 aromatic heterocycles. The number of methoxy groups -OCH3 is 1. The van der Waals surface area contributed by atoms with E-state index in [1.807, 2.05) is 6.20 Å². The highest BCUT2D eigenvalue weighted by Gasteiger charge is 2.40. The summed E-state index contributed by atoms with van der Waals surface area (Å²) in [6.07, 6.45) is 4.25. The van der Waals surface area contributed by atoms with Gasteiger partial charge in [-0.15, -0.1) is 0 Å². The molecule has 1 aromatic rings. The van der Waals surface area contributed by atoms with Crippen LogP contribution in [0.15, 0.2) is 10.6 Å². The lowest BCUT2D eigenvalue weighted by Crippen LogP contribution is -2.20. The van der Waals surface area contributed by atoms with Crippen molar-refractivity contribution in [2.75, 3.05) is 26.8 Å². The molecule has 0 amide bonds. The van der Waals surface area contributed by atoms with Gasteiger partial charge in [-0.2, -0.15) is 0 Å². The number of oxazole rings is 1. The molecule has 0 spiro atoms. The van der Waals surface area contributed by atoms with E-state index in [0.29, 0.717) is 11.8 Å². The third-order valence-electron chi connectivity index (χ3n) is 4.37. The maximum Gasteiger partial charge on any atom is 0.194 e. The lowest BCUT2D eigenvalue weighted by atomic mass is 9.88. The van der Waals surface area contributed by atoms with Gasteiger partial charge in [0.1, 0.15) is 5.76 Å². The van der Waals surface area contributed by atoms with Crippen molar-refractivity contribution < 1.29 is 13.9 Å². The predicted molar refractivity (Wildman–Crippen MR) is 81.5 cm³/mol. The van der Waals surface area contributed by atoms with E-state index in [1.165, 1.54) is 0 Å². The molecule has 2 rings (SSSR count). The molecule has 4 unspecified atom stereocenters. The number of aromatic nitrogens is 1. The SMILES string of the molecule is COCCNCCCc1ncc(C2C(C)OC(C)C2C)o1. The minimum absolute atomic E-state index is 0.200. The second kappa shape index (κ2) is 7.92. The molecule has 1 N–H and O–H groups in total. The van der Waals surface area contributed by atoms with Crippen LogP contribution in [0, 0.1) is 5.92 Å². The molecule has 0 bridgehead atoms. The predicted octanol–water partition coefficient (Wildman–Crippen LogP) is 2.37. The number of nitrogens with one attached hydrogen (secondary N) is 1. The molecule has 120 valence electrons. The molecule has 0 radical (unpaired) electrons. The van der Waals surface area contributed by atoms with Gasteiger partial charge >= 0.3 is 0 Å². The van der Waals surface area contributed by atoms with Gasteiger partial charge in [0.15, 0.2) is 5.89 Å². The monoisotopic (exact) mass is 296 g/mol. The van der Waals surface area contributed by atoms with E-state index in [-0.39, 0.29) is 12.2 Å². The molecule has 2 heterocycles. The Kier molecular flexibility index (Phi) is 6.21. The highest BCUT2D eigenvalue weighted by Crippen LogP contribution is 2.39. The molecule has 5 nitrogen and oxygen atoms in total. The fourth-order valence-electron chi connectivity index (χ4n) is 3.01. The molecule has 0 saturated carbocycles. The molecule has 1 saturated heterocycles. The van der Waals surface area contributed by atoms with Gasteiger partial charge in [0, 0.05) is 26.0 Å². The van der Waals surface area contributed by atoms with E-state index in [2.05, 4.69) is 31.1 Å². The molecular weight excluding hydrogens is 268 g/mol. The largest absolute Gasteiger partial charge is 0.445 e. The fourth-order valence-corrected chi connectivity index (χ4v) is 3.01. The van der Waals surface area contributed by atoms with Gasteiger partial charge in [-0.1, -0.05) is 6.92 Å². The van der Waals surface area contributed by atoms with Crippen molar-refractivity contribution in [2.45, 2.75) is 51.7 Å². The van der Waals surface area contributed by atoms with Gasteiger partial charge in [-0.25, -0.2) is 4.98 Å². The number of hydrogen-bond donors (Lipinski definition) is 1. The number of nitrogens with zero attached hydrogens (tertiary/aromatic N) is 1. The summed E-state index contributed by atoms with van der Waals surface area (Å²) in [7, 11) is 1.71. The Morgan fingerprint density at radius 2 is 2.05 bits per heavy atom. The first-order valence-electron chi connectivity index (χ1n) is 7.93. The van der Waals surface area contributed by atoms with E-state index in [9.17, 15) is 0 Å². The van der Waals surface area contributed by atoms with E-state index in [0.717, 1.165) is 44.2 Å². The van der Waals surface area contributed by atoms with Gasteiger partial charge in [0.05, 0.1) is 25.0 Å². The quantitative estimate of drug-likeness (QED) is 0.746. The summed E-state index contributed by atoms with van der Waals surface area (Å²) in [5, 5.41) is 3.32. The molecule has 1 fully saturated rings. The van der Waals surface area contributed by atoms with Crippen molar-refractivity contribution in [3.63, 3.8) is 0 Å². The Morgan fingerprint density at radius 3 is 2.71 bits per heavy atom. The van der Waals surface area contributed by atoms with Crippen LogP contribution in [0.4, 0.5) is 0 Å². The van der Waals surface area contributed by atoms with Crippen molar-refractivity contribution in [2.24, 2.45) is 5.92 Å². The number of aryl methyl sites for hydroxylation is 1. The second-order valence-corrected chi connectivity index (χ2v) is 5.93. The summed E-state index contributed by atoms with van der Waals surface area (Å²) >= 11 is 0. The summed E-state index contributed by atoms with van der Waals surface area (Å²) in [6.45, 7) is 9.06. The molecule has 1 aliphatic heterocycles. The zero-order valence-corrected chi connectivity index (χ0v) is 13.6. The first-order chi connectivity index (χ1) is 10.1. The summed E-state index contributed by atoms with van der Waals surface area (Å²) in [5.74, 6) is 2.59. The maximum absolute atomic E-state index is 5.94. The normalized spacial score (nSPS) is 29.1. The van der Waals surface area contributed by atoms with E-state index in [4.69, 9.17) is 13.9 Å². The summed E-state index contributed by atoms with van der Waals surface area (Å²) in [4.78, 5) is 4.41. The zero-order valence-electron chi connectivity index (χ0n) is 13.6. The van der Waals surface area contributed by atoms with E-state index < -0.39 is 0 Å². The first kappa shape index (κ1) is 16.5. The molecule has 4 atom stereocenters. The van der Waals surface area contributed by atoms with Crippen molar-refractivity contribution in [3.8, 4) is 0 Å². The number of ether oxygens (including phenoxy) is 2. The topological polar surface area (TPSA) is 56.5 Å². The van der Waals surface area contributed by atoms with Crippen LogP contribution in [-0.2, 0) is 15.9 Å². The van der Waals surface area contributed by atoms with Crippen molar-refractivity contribution >= 4 is 0 Å². The Hall–Kier alpha value is -0.910. The highest BCUT2D eigenvalue weighted by molar-refractivity contribution is 5.09. The zero-order chi connectivity index (χ0) is 15.2. The fraction of sp³-hybridized carbons (Fsp3) is 0.812. The highest BCUT2D eigenvalue weighted by atomic mass is 16.5. The summed E-state index contributed by atoms with van der Waals surface area (Å²) in [5.41, 5.74) is 0. The smallest absolute Gasteiger partial charge is 0.194 e. The van der Waals surface area contributed by atoms with Gasteiger partial charge in [-0.3, -0.25) is 0 Å². The Balaban J connectivity index is 1.79. The first-order valence-corrected chi connectivity index (χ1v) is 7.93. The molecular formula is C16H28N2O3. The molecule has 0 aromatic carbocycles. The van der Waals surface area contributed by atoms with Crippen LogP contribution in [0.25, 0.3) is 0 Å². The molecule has 1 aliphatic rings. The second-order valence-electron chi connectivity index (χ2n) is 5.93. The van der Waals surface area contributed by atoms with Crippen molar-refractivity contribution in [1.29, 1.82) is 0 Å². The van der Waals surface area contributed by atoms with Gasteiger partial charge < -0.3 is 19.2 Å². The third-order valence-corrected chi connectivity index (χ3v) is 4.37. The van der Waals surface area contributed by atoms with Crippen LogP contribution in [0.5, 0.6) is 0 Å².